The fraction of sp³-hybridized carbons (Fsp3) is 0.357. The number of rotatable bonds is 5. The highest BCUT2D eigenvalue weighted by atomic mass is 32.1. The topological polar surface area (TPSA) is 66.5 Å². The number of imidazole rings is 1. The lowest BCUT2D eigenvalue weighted by molar-refractivity contribution is 0.814. The standard InChI is InChI=1S/C14H17N5S/c1-9-10(2)20-14-12(9)13(18-8-19-14)17-5-3-4-11-15-6-7-16-11/h6-8H,3-5H2,1-2H3,(H,15,16)(H,17,18,19). The molecule has 3 aromatic heterocycles. The number of H-pyrrole nitrogens is 1. The van der Waals surface area contributed by atoms with Gasteiger partial charge in [-0.1, -0.05) is 0 Å². The van der Waals surface area contributed by atoms with E-state index in [4.69, 9.17) is 0 Å². The van der Waals surface area contributed by atoms with Crippen molar-refractivity contribution < 1.29 is 0 Å². The molecular formula is C14H17N5S. The zero-order valence-electron chi connectivity index (χ0n) is 11.6. The third kappa shape index (κ3) is 2.51. The molecule has 0 aliphatic carbocycles. The van der Waals surface area contributed by atoms with E-state index in [0.29, 0.717) is 0 Å². The number of nitrogens with one attached hydrogen (secondary N) is 2. The molecule has 3 aromatic rings. The number of hydrogen-bond donors (Lipinski definition) is 2. The summed E-state index contributed by atoms with van der Waals surface area (Å²) in [4.78, 5) is 18.4. The number of fused-ring (bicyclic) bond motifs is 1. The van der Waals surface area contributed by atoms with E-state index in [2.05, 4.69) is 39.1 Å². The smallest absolute Gasteiger partial charge is 0.138 e. The Hall–Kier alpha value is -1.95. The Labute approximate surface area is 121 Å². The molecule has 0 spiro atoms. The van der Waals surface area contributed by atoms with Crippen molar-refractivity contribution in [3.8, 4) is 0 Å². The van der Waals surface area contributed by atoms with Gasteiger partial charge in [0.05, 0.1) is 5.39 Å². The summed E-state index contributed by atoms with van der Waals surface area (Å²) in [5.41, 5.74) is 1.28. The van der Waals surface area contributed by atoms with Gasteiger partial charge in [-0.2, -0.15) is 0 Å². The van der Waals surface area contributed by atoms with E-state index < -0.39 is 0 Å². The minimum Gasteiger partial charge on any atom is -0.369 e. The molecule has 0 atom stereocenters. The van der Waals surface area contributed by atoms with Gasteiger partial charge in [0.1, 0.15) is 22.8 Å². The number of aromatic amines is 1. The molecule has 0 unspecified atom stereocenters. The molecule has 0 aliphatic rings. The van der Waals surface area contributed by atoms with Crippen LogP contribution < -0.4 is 5.32 Å². The second-order valence-corrected chi connectivity index (χ2v) is 5.96. The van der Waals surface area contributed by atoms with Crippen molar-refractivity contribution in [3.63, 3.8) is 0 Å². The Morgan fingerprint density at radius 2 is 2.15 bits per heavy atom. The number of nitrogens with zero attached hydrogens (tertiary/aromatic N) is 3. The van der Waals surface area contributed by atoms with Crippen LogP contribution in [0.25, 0.3) is 10.2 Å². The molecule has 5 nitrogen and oxygen atoms in total. The second-order valence-electron chi connectivity index (χ2n) is 4.75. The highest BCUT2D eigenvalue weighted by molar-refractivity contribution is 7.18. The third-order valence-corrected chi connectivity index (χ3v) is 4.52. The van der Waals surface area contributed by atoms with Crippen molar-refractivity contribution in [2.24, 2.45) is 0 Å². The maximum atomic E-state index is 4.38. The van der Waals surface area contributed by atoms with Gasteiger partial charge in [-0.25, -0.2) is 15.0 Å². The molecule has 3 rings (SSSR count). The van der Waals surface area contributed by atoms with Crippen LogP contribution in [0.5, 0.6) is 0 Å². The average Bonchev–Trinajstić information content (AvgIpc) is 3.05. The van der Waals surface area contributed by atoms with Crippen LogP contribution in [-0.4, -0.2) is 26.5 Å². The molecule has 3 heterocycles. The van der Waals surface area contributed by atoms with Crippen LogP contribution >= 0.6 is 11.3 Å². The number of aryl methyl sites for hydroxylation is 3. The maximum absolute atomic E-state index is 4.38. The molecule has 20 heavy (non-hydrogen) atoms. The monoisotopic (exact) mass is 287 g/mol. The van der Waals surface area contributed by atoms with Crippen molar-refractivity contribution in [3.05, 3.63) is 35.0 Å². The third-order valence-electron chi connectivity index (χ3n) is 3.40. The fourth-order valence-corrected chi connectivity index (χ4v) is 3.21. The Morgan fingerprint density at radius 1 is 1.25 bits per heavy atom. The summed E-state index contributed by atoms with van der Waals surface area (Å²) in [6.07, 6.45) is 7.23. The Morgan fingerprint density at radius 3 is 2.95 bits per heavy atom. The first-order chi connectivity index (χ1) is 9.75. The van der Waals surface area contributed by atoms with Gasteiger partial charge in [0.2, 0.25) is 0 Å². The molecule has 0 bridgehead atoms. The lowest BCUT2D eigenvalue weighted by atomic mass is 10.2. The summed E-state index contributed by atoms with van der Waals surface area (Å²) in [6, 6.07) is 0. The van der Waals surface area contributed by atoms with Crippen LogP contribution in [0, 0.1) is 13.8 Å². The second kappa shape index (κ2) is 5.58. The minimum atomic E-state index is 0.876. The van der Waals surface area contributed by atoms with Crippen LogP contribution in [0.3, 0.4) is 0 Å². The van der Waals surface area contributed by atoms with E-state index in [1.54, 1.807) is 23.9 Å². The first kappa shape index (κ1) is 13.1. The van der Waals surface area contributed by atoms with Crippen LogP contribution in [0.1, 0.15) is 22.7 Å². The molecule has 104 valence electrons. The summed E-state index contributed by atoms with van der Waals surface area (Å²) in [5, 5.41) is 4.58. The molecule has 0 saturated heterocycles. The lowest BCUT2D eigenvalue weighted by Gasteiger charge is -2.06. The number of aromatic nitrogens is 4. The van der Waals surface area contributed by atoms with Crippen LogP contribution in [0.2, 0.25) is 0 Å². The summed E-state index contributed by atoms with van der Waals surface area (Å²) >= 11 is 1.72. The van der Waals surface area contributed by atoms with Gasteiger partial charge in [-0.3, -0.25) is 0 Å². The molecule has 0 aromatic carbocycles. The molecular weight excluding hydrogens is 270 g/mol. The van der Waals surface area contributed by atoms with E-state index in [-0.39, 0.29) is 0 Å². The van der Waals surface area contributed by atoms with Crippen molar-refractivity contribution in [1.29, 1.82) is 0 Å². The van der Waals surface area contributed by atoms with E-state index in [0.717, 1.165) is 41.2 Å². The maximum Gasteiger partial charge on any atom is 0.138 e. The van der Waals surface area contributed by atoms with Gasteiger partial charge in [-0.15, -0.1) is 11.3 Å². The Balaban J connectivity index is 1.68. The highest BCUT2D eigenvalue weighted by Crippen LogP contribution is 2.32. The van der Waals surface area contributed by atoms with E-state index in [1.165, 1.54) is 10.4 Å². The molecule has 0 saturated carbocycles. The number of thiophene rings is 1. The quantitative estimate of drug-likeness (QED) is 0.708. The summed E-state index contributed by atoms with van der Waals surface area (Å²) in [6.45, 7) is 5.13. The highest BCUT2D eigenvalue weighted by Gasteiger charge is 2.11. The predicted molar refractivity (Wildman–Crippen MR) is 82.3 cm³/mol. The minimum absolute atomic E-state index is 0.876. The summed E-state index contributed by atoms with van der Waals surface area (Å²) < 4.78 is 0. The molecule has 2 N–H and O–H groups in total. The van der Waals surface area contributed by atoms with Crippen LogP contribution in [0.15, 0.2) is 18.7 Å². The average molecular weight is 287 g/mol. The molecule has 0 aliphatic heterocycles. The number of hydrogen-bond acceptors (Lipinski definition) is 5. The number of anilines is 1. The summed E-state index contributed by atoms with van der Waals surface area (Å²) in [5.74, 6) is 1.97. The zero-order valence-corrected chi connectivity index (χ0v) is 12.4. The Kier molecular flexibility index (Phi) is 3.64. The molecule has 6 heteroatoms. The van der Waals surface area contributed by atoms with E-state index in [9.17, 15) is 0 Å². The van der Waals surface area contributed by atoms with Gasteiger partial charge in [0, 0.05) is 30.2 Å². The first-order valence-corrected chi connectivity index (χ1v) is 7.50. The van der Waals surface area contributed by atoms with Crippen LogP contribution in [-0.2, 0) is 6.42 Å². The zero-order chi connectivity index (χ0) is 13.9. The molecule has 0 fully saturated rings. The van der Waals surface area contributed by atoms with E-state index in [1.807, 2.05) is 6.20 Å². The largest absolute Gasteiger partial charge is 0.369 e. The van der Waals surface area contributed by atoms with Gasteiger partial charge in [0.15, 0.2) is 0 Å². The molecule has 0 radical (unpaired) electrons. The van der Waals surface area contributed by atoms with Crippen molar-refractivity contribution in [2.45, 2.75) is 26.7 Å². The van der Waals surface area contributed by atoms with E-state index >= 15 is 0 Å². The first-order valence-electron chi connectivity index (χ1n) is 6.68. The van der Waals surface area contributed by atoms with Gasteiger partial charge in [0.25, 0.3) is 0 Å². The Bertz CT molecular complexity index is 702. The van der Waals surface area contributed by atoms with Crippen molar-refractivity contribution in [2.75, 3.05) is 11.9 Å². The molecule has 0 amide bonds. The van der Waals surface area contributed by atoms with Crippen molar-refractivity contribution >= 4 is 27.4 Å². The lowest BCUT2D eigenvalue weighted by Crippen LogP contribution is -2.06. The van der Waals surface area contributed by atoms with Gasteiger partial charge < -0.3 is 10.3 Å². The van der Waals surface area contributed by atoms with Gasteiger partial charge >= 0.3 is 0 Å². The van der Waals surface area contributed by atoms with Gasteiger partial charge in [-0.05, 0) is 25.8 Å². The summed E-state index contributed by atoms with van der Waals surface area (Å²) in [7, 11) is 0. The normalized spacial score (nSPS) is 11.1. The van der Waals surface area contributed by atoms with Crippen molar-refractivity contribution in [1.82, 2.24) is 19.9 Å². The fourth-order valence-electron chi connectivity index (χ4n) is 2.21. The van der Waals surface area contributed by atoms with Crippen LogP contribution in [0.4, 0.5) is 5.82 Å². The SMILES string of the molecule is Cc1sc2ncnc(NCCCc3ncc[nH]3)c2c1C. The predicted octanol–water partition coefficient (Wildman–Crippen LogP) is 3.08.